The van der Waals surface area contributed by atoms with Gasteiger partial charge in [0.05, 0.1) is 0 Å². The molecule has 1 aromatic rings. The van der Waals surface area contributed by atoms with Crippen LogP contribution in [0, 0.1) is 0 Å². The summed E-state index contributed by atoms with van der Waals surface area (Å²) in [6, 6.07) is 0. The second kappa shape index (κ2) is 2.78. The minimum atomic E-state index is -1.07. The van der Waals surface area contributed by atoms with Crippen LogP contribution in [0.5, 0.6) is 0 Å². The third-order valence-corrected chi connectivity index (χ3v) is 0.871. The first-order valence-electron chi connectivity index (χ1n) is 2.66. The Morgan fingerprint density at radius 2 is 2.36 bits per heavy atom. The first kappa shape index (κ1) is 7.19. The summed E-state index contributed by atoms with van der Waals surface area (Å²) in [5, 5.41) is 7.83. The highest BCUT2D eigenvalue weighted by Gasteiger charge is 2.09. The Balaban J connectivity index is 2.57. The summed E-state index contributed by atoms with van der Waals surface area (Å²) in [5.74, 6) is -1.91. The number of hydrogen-bond acceptors (Lipinski definition) is 4. The summed E-state index contributed by atoms with van der Waals surface area (Å²) in [4.78, 5) is 24.2. The average Bonchev–Trinajstić information content (AvgIpc) is 2.39. The number of H-pyrrole nitrogens is 1. The fourth-order valence-corrected chi connectivity index (χ4v) is 0.435. The number of rotatable bonds is 1. The van der Waals surface area contributed by atoms with Crippen LogP contribution >= 0.6 is 0 Å². The maximum absolute atomic E-state index is 10.5. The number of aromatic nitrogens is 3. The summed E-state index contributed by atoms with van der Waals surface area (Å²) in [5.41, 5.74) is 4.64. The molecule has 0 aromatic carbocycles. The number of nitrogens with two attached hydrogens (primary N) is 1. The van der Waals surface area contributed by atoms with E-state index in [-0.39, 0.29) is 5.95 Å². The number of aromatic amines is 1. The van der Waals surface area contributed by atoms with E-state index in [2.05, 4.69) is 26.2 Å². The number of primary amides is 1. The first-order valence-corrected chi connectivity index (χ1v) is 2.66. The van der Waals surface area contributed by atoms with Gasteiger partial charge in [-0.05, 0) is 0 Å². The molecule has 0 unspecified atom stereocenters. The molecule has 2 amide bonds. The molecule has 0 saturated heterocycles. The van der Waals surface area contributed by atoms with Crippen LogP contribution in [0.15, 0.2) is 6.33 Å². The smallest absolute Gasteiger partial charge is 0.315 e. The van der Waals surface area contributed by atoms with Crippen molar-refractivity contribution < 1.29 is 9.59 Å². The fraction of sp³-hybridized carbons (Fsp3) is 0. The molecule has 58 valence electrons. The van der Waals surface area contributed by atoms with Crippen LogP contribution in [0.3, 0.4) is 0 Å². The van der Waals surface area contributed by atoms with E-state index in [1.807, 2.05) is 0 Å². The Hall–Kier alpha value is -1.92. The average molecular weight is 155 g/mol. The van der Waals surface area contributed by atoms with Crippen molar-refractivity contribution in [1.29, 1.82) is 0 Å². The van der Waals surface area contributed by atoms with E-state index in [1.54, 1.807) is 0 Å². The lowest BCUT2D eigenvalue weighted by Gasteiger charge is -1.93. The molecule has 0 aliphatic carbocycles. The predicted octanol–water partition coefficient (Wildman–Crippen LogP) is -1.77. The Labute approximate surface area is 61.0 Å². The van der Waals surface area contributed by atoms with Crippen LogP contribution in [0.4, 0.5) is 5.95 Å². The Bertz CT molecular complexity index is 266. The van der Waals surface area contributed by atoms with Crippen molar-refractivity contribution in [3.8, 4) is 0 Å². The van der Waals surface area contributed by atoms with Crippen molar-refractivity contribution in [3.63, 3.8) is 0 Å². The molecule has 0 bridgehead atoms. The number of hydrogen-bond donors (Lipinski definition) is 3. The summed E-state index contributed by atoms with van der Waals surface area (Å²) in [6.45, 7) is 0. The number of amides is 2. The highest BCUT2D eigenvalue weighted by molar-refractivity contribution is 6.38. The largest absolute Gasteiger partial charge is 0.361 e. The molecule has 7 heteroatoms. The second-order valence-electron chi connectivity index (χ2n) is 1.65. The van der Waals surface area contributed by atoms with Gasteiger partial charge in [-0.25, -0.2) is 5.10 Å². The van der Waals surface area contributed by atoms with Crippen LogP contribution in [-0.2, 0) is 9.59 Å². The third-order valence-electron chi connectivity index (χ3n) is 0.871. The van der Waals surface area contributed by atoms with Gasteiger partial charge in [0.25, 0.3) is 0 Å². The minimum Gasteiger partial charge on any atom is -0.361 e. The van der Waals surface area contributed by atoms with Crippen LogP contribution in [0.2, 0.25) is 0 Å². The number of anilines is 1. The van der Waals surface area contributed by atoms with Crippen LogP contribution in [0.25, 0.3) is 0 Å². The normalized spacial score (nSPS) is 9.09. The van der Waals surface area contributed by atoms with Gasteiger partial charge in [0.15, 0.2) is 0 Å². The van der Waals surface area contributed by atoms with Gasteiger partial charge in [-0.1, -0.05) is 0 Å². The zero-order chi connectivity index (χ0) is 8.27. The highest BCUT2D eigenvalue weighted by Crippen LogP contribution is 1.90. The quantitative estimate of drug-likeness (QED) is 0.416. The van der Waals surface area contributed by atoms with Gasteiger partial charge in [0.1, 0.15) is 6.33 Å². The zero-order valence-corrected chi connectivity index (χ0v) is 5.37. The van der Waals surface area contributed by atoms with Crippen LogP contribution < -0.4 is 11.1 Å². The molecular formula is C4H5N5O2. The lowest BCUT2D eigenvalue weighted by atomic mass is 10.6. The van der Waals surface area contributed by atoms with Gasteiger partial charge in [0, 0.05) is 0 Å². The van der Waals surface area contributed by atoms with Crippen LogP contribution in [-0.4, -0.2) is 27.0 Å². The monoisotopic (exact) mass is 155 g/mol. The van der Waals surface area contributed by atoms with E-state index in [0.29, 0.717) is 0 Å². The lowest BCUT2D eigenvalue weighted by molar-refractivity contribution is -0.134. The summed E-state index contributed by atoms with van der Waals surface area (Å²) in [7, 11) is 0. The number of carbonyl (C=O) groups excluding carboxylic acids is 2. The van der Waals surface area contributed by atoms with Crippen LogP contribution in [0.1, 0.15) is 0 Å². The van der Waals surface area contributed by atoms with Gasteiger partial charge in [0.2, 0.25) is 5.95 Å². The Morgan fingerprint density at radius 1 is 1.64 bits per heavy atom. The molecule has 0 radical (unpaired) electrons. The van der Waals surface area contributed by atoms with Crippen molar-refractivity contribution in [1.82, 2.24) is 15.2 Å². The molecule has 0 atom stereocenters. The lowest BCUT2D eigenvalue weighted by Crippen LogP contribution is -2.29. The first-order chi connectivity index (χ1) is 5.20. The summed E-state index contributed by atoms with van der Waals surface area (Å²) >= 11 is 0. The molecule has 1 heterocycles. The summed E-state index contributed by atoms with van der Waals surface area (Å²) < 4.78 is 0. The molecule has 7 nitrogen and oxygen atoms in total. The van der Waals surface area contributed by atoms with E-state index < -0.39 is 11.8 Å². The molecule has 1 rings (SSSR count). The Kier molecular flexibility index (Phi) is 1.81. The SMILES string of the molecule is NC(=O)C(=O)Nc1ncn[nH]1. The molecule has 0 spiro atoms. The zero-order valence-electron chi connectivity index (χ0n) is 5.37. The van der Waals surface area contributed by atoms with E-state index in [9.17, 15) is 9.59 Å². The molecule has 0 saturated carbocycles. The van der Waals surface area contributed by atoms with E-state index in [1.165, 1.54) is 6.33 Å². The van der Waals surface area contributed by atoms with Crippen molar-refractivity contribution in [2.24, 2.45) is 5.73 Å². The van der Waals surface area contributed by atoms with Gasteiger partial charge in [-0.15, -0.1) is 0 Å². The molecule has 0 fully saturated rings. The fourth-order valence-electron chi connectivity index (χ4n) is 0.435. The van der Waals surface area contributed by atoms with Gasteiger partial charge < -0.3 is 5.73 Å². The van der Waals surface area contributed by atoms with Crippen molar-refractivity contribution >= 4 is 17.8 Å². The molecule has 4 N–H and O–H groups in total. The maximum atomic E-state index is 10.5. The Morgan fingerprint density at radius 3 is 2.82 bits per heavy atom. The molecule has 1 aromatic heterocycles. The van der Waals surface area contributed by atoms with Crippen molar-refractivity contribution in [3.05, 3.63) is 6.33 Å². The van der Waals surface area contributed by atoms with E-state index in [4.69, 9.17) is 0 Å². The summed E-state index contributed by atoms with van der Waals surface area (Å²) in [6.07, 6.45) is 1.19. The standard InChI is InChI=1S/C4H5N5O2/c5-2(10)3(11)8-4-6-1-7-9-4/h1H,(H2,5,10)(H2,6,7,8,9,11). The van der Waals surface area contributed by atoms with Gasteiger partial charge in [-0.3, -0.25) is 14.9 Å². The number of nitrogens with one attached hydrogen (secondary N) is 2. The van der Waals surface area contributed by atoms with Crippen molar-refractivity contribution in [2.75, 3.05) is 5.32 Å². The molecule has 0 aliphatic heterocycles. The number of nitrogens with zero attached hydrogens (tertiary/aromatic N) is 2. The van der Waals surface area contributed by atoms with Gasteiger partial charge >= 0.3 is 11.8 Å². The van der Waals surface area contributed by atoms with E-state index in [0.717, 1.165) is 0 Å². The molecule has 0 aliphatic rings. The third kappa shape index (κ3) is 1.75. The van der Waals surface area contributed by atoms with Crippen molar-refractivity contribution in [2.45, 2.75) is 0 Å². The highest BCUT2D eigenvalue weighted by atomic mass is 16.2. The molecular weight excluding hydrogens is 150 g/mol. The maximum Gasteiger partial charge on any atom is 0.315 e. The van der Waals surface area contributed by atoms with Gasteiger partial charge in [-0.2, -0.15) is 10.1 Å². The predicted molar refractivity (Wildman–Crippen MR) is 34.2 cm³/mol. The van der Waals surface area contributed by atoms with E-state index >= 15 is 0 Å². The second-order valence-corrected chi connectivity index (χ2v) is 1.65. The topological polar surface area (TPSA) is 114 Å². The minimum absolute atomic E-state index is 0.0915. The number of carbonyl (C=O) groups is 2. The molecule has 11 heavy (non-hydrogen) atoms.